The zero-order valence-corrected chi connectivity index (χ0v) is 22.3. The molecule has 10 nitrogen and oxygen atoms in total. The van der Waals surface area contributed by atoms with Crippen molar-refractivity contribution in [3.63, 3.8) is 0 Å². The second kappa shape index (κ2) is 10.8. The highest BCUT2D eigenvalue weighted by Gasteiger charge is 2.33. The molecular formula is C29H33N5O5. The number of benzene rings is 1. The molecule has 0 radical (unpaired) electrons. The van der Waals surface area contributed by atoms with Gasteiger partial charge in [0.15, 0.2) is 11.5 Å². The summed E-state index contributed by atoms with van der Waals surface area (Å²) in [4.78, 5) is 21.9. The molecule has 2 fully saturated rings. The third-order valence-electron chi connectivity index (χ3n) is 8.19. The summed E-state index contributed by atoms with van der Waals surface area (Å²) in [6.07, 6.45) is 3.81. The van der Waals surface area contributed by atoms with Gasteiger partial charge in [-0.25, -0.2) is 4.98 Å². The average Bonchev–Trinajstić information content (AvgIpc) is 3.47. The number of hydrogen-bond donors (Lipinski definition) is 0. The van der Waals surface area contributed by atoms with Crippen molar-refractivity contribution in [1.82, 2.24) is 9.55 Å². The van der Waals surface area contributed by atoms with Crippen molar-refractivity contribution in [3.05, 3.63) is 52.4 Å². The number of para-hydroxylation sites is 1. The molecule has 0 N–H and O–H groups in total. The van der Waals surface area contributed by atoms with Crippen LogP contribution in [0.25, 0.3) is 11.0 Å². The molecule has 1 aliphatic carbocycles. The lowest BCUT2D eigenvalue weighted by molar-refractivity contribution is -0.0846. The van der Waals surface area contributed by atoms with Crippen LogP contribution in [0.3, 0.4) is 0 Å². The van der Waals surface area contributed by atoms with Gasteiger partial charge < -0.3 is 33.3 Å². The van der Waals surface area contributed by atoms with E-state index < -0.39 is 0 Å². The van der Waals surface area contributed by atoms with Crippen molar-refractivity contribution >= 4 is 22.4 Å². The number of ether oxygens (including phenoxy) is 4. The molecule has 0 bridgehead atoms. The van der Waals surface area contributed by atoms with E-state index in [4.69, 9.17) is 18.9 Å². The molecule has 1 saturated carbocycles. The predicted molar refractivity (Wildman–Crippen MR) is 147 cm³/mol. The van der Waals surface area contributed by atoms with Crippen LogP contribution in [0.5, 0.6) is 11.5 Å². The monoisotopic (exact) mass is 531 g/mol. The summed E-state index contributed by atoms with van der Waals surface area (Å²) in [5, 5.41) is 9.42. The molecule has 10 heteroatoms. The fourth-order valence-corrected chi connectivity index (χ4v) is 6.04. The van der Waals surface area contributed by atoms with Crippen molar-refractivity contribution in [2.24, 2.45) is 7.05 Å². The lowest BCUT2D eigenvalue weighted by Crippen LogP contribution is -2.48. The van der Waals surface area contributed by atoms with Crippen LogP contribution in [0, 0.1) is 11.3 Å². The molecule has 204 valence electrons. The highest BCUT2D eigenvalue weighted by Crippen LogP contribution is 2.43. The van der Waals surface area contributed by atoms with Gasteiger partial charge in [-0.1, -0.05) is 6.07 Å². The molecule has 1 aromatic carbocycles. The Morgan fingerprint density at radius 3 is 2.67 bits per heavy atom. The Labute approximate surface area is 227 Å². The summed E-state index contributed by atoms with van der Waals surface area (Å²) in [5.74, 6) is 1.56. The number of fused-ring (bicyclic) bond motifs is 2. The lowest BCUT2D eigenvalue weighted by atomic mass is 9.88. The van der Waals surface area contributed by atoms with Crippen molar-refractivity contribution in [1.29, 1.82) is 5.26 Å². The second-order valence-electron chi connectivity index (χ2n) is 10.4. The minimum absolute atomic E-state index is 0.00960. The van der Waals surface area contributed by atoms with Crippen LogP contribution < -0.4 is 24.8 Å². The van der Waals surface area contributed by atoms with E-state index in [0.717, 1.165) is 54.1 Å². The quantitative estimate of drug-likeness (QED) is 0.474. The molecule has 3 aliphatic rings. The molecule has 1 saturated heterocycles. The second-order valence-corrected chi connectivity index (χ2v) is 10.4. The van der Waals surface area contributed by atoms with Gasteiger partial charge in [0.1, 0.15) is 17.3 Å². The van der Waals surface area contributed by atoms with Gasteiger partial charge in [-0.3, -0.25) is 4.79 Å². The molecule has 0 amide bonds. The third-order valence-corrected chi connectivity index (χ3v) is 8.19. The highest BCUT2D eigenvalue weighted by molar-refractivity contribution is 5.88. The third kappa shape index (κ3) is 4.88. The summed E-state index contributed by atoms with van der Waals surface area (Å²) in [7, 11) is 3.76. The van der Waals surface area contributed by atoms with Crippen molar-refractivity contribution in [2.45, 2.75) is 43.9 Å². The van der Waals surface area contributed by atoms with E-state index in [-0.39, 0.29) is 24.5 Å². The maximum absolute atomic E-state index is 12.8. The van der Waals surface area contributed by atoms with Gasteiger partial charge in [0, 0.05) is 38.8 Å². The van der Waals surface area contributed by atoms with Gasteiger partial charge in [-0.05, 0) is 49.9 Å². The number of nitrogens with zero attached hydrogens (tertiary/aromatic N) is 5. The molecule has 2 aliphatic heterocycles. The maximum atomic E-state index is 12.8. The normalized spacial score (nSPS) is 22.4. The van der Waals surface area contributed by atoms with Gasteiger partial charge in [0.2, 0.25) is 6.79 Å². The first-order chi connectivity index (χ1) is 19.0. The standard InChI is InChI=1S/C29H33N5O5/c1-32(25-14-27(35)33(2)23-11-6-19(15-30)31-28(23)25)20-7-9-21(10-8-20)34(16-22-17-36-12-13-37-22)24-4-3-5-26-29(24)39-18-38-26/h3-6,11,14,20-22H,7-10,12-13,16-18H2,1-2H3/t20-,21+,22-/m0/s1. The molecule has 0 spiro atoms. The van der Waals surface area contributed by atoms with Crippen molar-refractivity contribution in [3.8, 4) is 17.6 Å². The number of aromatic nitrogens is 2. The van der Waals surface area contributed by atoms with Crippen LogP contribution in [-0.4, -0.2) is 67.9 Å². The number of nitriles is 1. The summed E-state index contributed by atoms with van der Waals surface area (Å²) in [6, 6.07) is 13.8. The van der Waals surface area contributed by atoms with E-state index in [1.54, 1.807) is 29.8 Å². The Balaban J connectivity index is 1.24. The first kappa shape index (κ1) is 25.5. The highest BCUT2D eigenvalue weighted by atomic mass is 16.7. The van der Waals surface area contributed by atoms with Crippen LogP contribution in [0.4, 0.5) is 11.4 Å². The molecule has 2 aromatic heterocycles. The van der Waals surface area contributed by atoms with Crippen LogP contribution in [-0.2, 0) is 16.5 Å². The molecule has 4 heterocycles. The summed E-state index contributed by atoms with van der Waals surface area (Å²) < 4.78 is 24.9. The zero-order valence-electron chi connectivity index (χ0n) is 22.3. The molecule has 39 heavy (non-hydrogen) atoms. The minimum atomic E-state index is -0.0921. The molecule has 6 rings (SSSR count). The van der Waals surface area contributed by atoms with E-state index >= 15 is 0 Å². The van der Waals surface area contributed by atoms with Crippen LogP contribution in [0.1, 0.15) is 31.4 Å². The van der Waals surface area contributed by atoms with E-state index in [9.17, 15) is 10.1 Å². The Bertz CT molecular complexity index is 1450. The fraction of sp³-hybridized carbons (Fsp3) is 0.483. The molecule has 0 unspecified atom stereocenters. The summed E-state index contributed by atoms with van der Waals surface area (Å²) in [5.41, 5.74) is 3.44. The lowest BCUT2D eigenvalue weighted by Gasteiger charge is -2.43. The number of hydrogen-bond acceptors (Lipinski definition) is 9. The number of anilines is 2. The fourth-order valence-electron chi connectivity index (χ4n) is 6.04. The van der Waals surface area contributed by atoms with E-state index in [0.29, 0.717) is 43.6 Å². The smallest absolute Gasteiger partial charge is 0.252 e. The Hall–Kier alpha value is -3.81. The van der Waals surface area contributed by atoms with Gasteiger partial charge >= 0.3 is 0 Å². The summed E-state index contributed by atoms with van der Waals surface area (Å²) >= 11 is 0. The molecular weight excluding hydrogens is 498 g/mol. The van der Waals surface area contributed by atoms with E-state index in [1.165, 1.54) is 0 Å². The van der Waals surface area contributed by atoms with Gasteiger partial charge in [-0.2, -0.15) is 5.26 Å². The number of aryl methyl sites for hydroxylation is 1. The average molecular weight is 532 g/mol. The van der Waals surface area contributed by atoms with Gasteiger partial charge in [-0.15, -0.1) is 0 Å². The molecule has 3 aromatic rings. The largest absolute Gasteiger partial charge is 0.454 e. The van der Waals surface area contributed by atoms with Crippen LogP contribution >= 0.6 is 0 Å². The van der Waals surface area contributed by atoms with Crippen molar-refractivity contribution < 1.29 is 18.9 Å². The van der Waals surface area contributed by atoms with Crippen LogP contribution in [0.15, 0.2) is 41.2 Å². The van der Waals surface area contributed by atoms with Crippen molar-refractivity contribution in [2.75, 3.05) is 50.0 Å². The van der Waals surface area contributed by atoms with E-state index in [2.05, 4.69) is 26.9 Å². The topological polar surface area (TPSA) is 102 Å². The predicted octanol–water partition coefficient (Wildman–Crippen LogP) is 3.20. The summed E-state index contributed by atoms with van der Waals surface area (Å²) in [6.45, 7) is 2.76. The first-order valence-corrected chi connectivity index (χ1v) is 13.5. The SMILES string of the molecule is Cn1c(=O)cc(N(C)[C@H]2CC[C@@H](N(C[C@H]3COCCO3)c3cccc4c3OCO4)CC2)c2nc(C#N)ccc21. The Kier molecular flexibility index (Phi) is 7.02. The zero-order chi connectivity index (χ0) is 26.9. The Morgan fingerprint density at radius 1 is 1.08 bits per heavy atom. The Morgan fingerprint density at radius 2 is 1.90 bits per heavy atom. The number of rotatable bonds is 6. The first-order valence-electron chi connectivity index (χ1n) is 13.5. The minimum Gasteiger partial charge on any atom is -0.454 e. The number of pyridine rings is 2. The molecule has 1 atom stereocenters. The van der Waals surface area contributed by atoms with E-state index in [1.807, 2.05) is 19.2 Å². The van der Waals surface area contributed by atoms with Gasteiger partial charge in [0.05, 0.1) is 42.8 Å². The van der Waals surface area contributed by atoms with Gasteiger partial charge in [0.25, 0.3) is 5.56 Å². The van der Waals surface area contributed by atoms with Crippen LogP contribution in [0.2, 0.25) is 0 Å². The maximum Gasteiger partial charge on any atom is 0.252 e.